The molecule has 2 aliphatic rings. The van der Waals surface area contributed by atoms with Gasteiger partial charge in [-0.2, -0.15) is 0 Å². The molecule has 1 saturated heterocycles. The highest BCUT2D eigenvalue weighted by atomic mass is 16.3. The van der Waals surface area contributed by atoms with Crippen molar-refractivity contribution in [3.05, 3.63) is 48.0 Å². The third-order valence-corrected chi connectivity index (χ3v) is 7.56. The zero-order valence-electron chi connectivity index (χ0n) is 19.5. The molecule has 1 aliphatic heterocycles. The lowest BCUT2D eigenvalue weighted by atomic mass is 9.69. The van der Waals surface area contributed by atoms with Crippen LogP contribution in [0.1, 0.15) is 73.9 Å². The van der Waals surface area contributed by atoms with Crippen LogP contribution in [-0.4, -0.2) is 48.0 Å². The fourth-order valence-electron chi connectivity index (χ4n) is 5.61. The van der Waals surface area contributed by atoms with Crippen LogP contribution in [0.2, 0.25) is 0 Å². The van der Waals surface area contributed by atoms with Gasteiger partial charge in [0.2, 0.25) is 0 Å². The Kier molecular flexibility index (Phi) is 7.63. The van der Waals surface area contributed by atoms with Crippen molar-refractivity contribution in [2.45, 2.75) is 70.8 Å². The van der Waals surface area contributed by atoms with E-state index >= 15 is 0 Å². The topological polar surface area (TPSA) is 75.6 Å². The average Bonchev–Trinajstić information content (AvgIpc) is 3.36. The van der Waals surface area contributed by atoms with Crippen LogP contribution in [0, 0.1) is 12.3 Å². The molecule has 0 radical (unpaired) electrons. The number of aryl methyl sites for hydroxylation is 1. The Bertz CT molecular complexity index is 830. The smallest absolute Gasteiger partial charge is 0.295 e. The lowest BCUT2D eigenvalue weighted by Crippen LogP contribution is -2.48. The normalized spacial score (nSPS) is 19.7. The van der Waals surface area contributed by atoms with Gasteiger partial charge in [-0.05, 0) is 87.7 Å². The molecule has 0 spiro atoms. The summed E-state index contributed by atoms with van der Waals surface area (Å²) in [5.74, 6) is 0.976. The second-order valence-electron chi connectivity index (χ2n) is 9.77. The highest BCUT2D eigenvalue weighted by molar-refractivity contribution is 6.04. The Morgan fingerprint density at radius 3 is 2.59 bits per heavy atom. The molecule has 0 aromatic carbocycles. The summed E-state index contributed by atoms with van der Waals surface area (Å²) in [6, 6.07) is 7.59. The van der Waals surface area contributed by atoms with E-state index in [2.05, 4.69) is 9.88 Å². The van der Waals surface area contributed by atoms with Crippen molar-refractivity contribution in [3.63, 3.8) is 0 Å². The molecular weight excluding hydrogens is 400 g/mol. The van der Waals surface area contributed by atoms with Gasteiger partial charge >= 0.3 is 0 Å². The summed E-state index contributed by atoms with van der Waals surface area (Å²) in [6.45, 7) is 5.98. The number of rotatable bonds is 8. The number of nitrogens with two attached hydrogens (primary N) is 1. The van der Waals surface area contributed by atoms with E-state index in [-0.39, 0.29) is 11.9 Å². The fraction of sp³-hybridized carbons (Fsp3) is 0.615. The second kappa shape index (κ2) is 10.6. The standard InChI is InChI=1S/C26H38N4O2/c1-21-7-8-24(28-20-21)30(25(31)23-6-5-19-32-23)22-9-16-29(17-10-22)18-14-26(13-15-27)11-3-2-4-12-26/h5-8,19-20,22H,2-4,9-18,27H2,1H3. The first-order valence-electron chi connectivity index (χ1n) is 12.3. The maximum atomic E-state index is 13.3. The maximum absolute atomic E-state index is 13.3. The number of hydrogen-bond donors (Lipinski definition) is 1. The van der Waals surface area contributed by atoms with Crippen molar-refractivity contribution in [2.75, 3.05) is 31.1 Å². The molecule has 174 valence electrons. The van der Waals surface area contributed by atoms with Gasteiger partial charge in [0.15, 0.2) is 5.76 Å². The fourth-order valence-corrected chi connectivity index (χ4v) is 5.61. The van der Waals surface area contributed by atoms with Gasteiger partial charge in [-0.1, -0.05) is 25.3 Å². The molecule has 1 amide bonds. The van der Waals surface area contributed by atoms with Crippen molar-refractivity contribution in [1.82, 2.24) is 9.88 Å². The molecule has 32 heavy (non-hydrogen) atoms. The quantitative estimate of drug-likeness (QED) is 0.642. The van der Waals surface area contributed by atoms with Crippen molar-refractivity contribution in [2.24, 2.45) is 11.1 Å². The molecule has 4 rings (SSSR count). The summed E-state index contributed by atoms with van der Waals surface area (Å²) in [7, 11) is 0. The van der Waals surface area contributed by atoms with Crippen LogP contribution in [0.25, 0.3) is 0 Å². The number of nitrogens with zero attached hydrogens (tertiary/aromatic N) is 3. The second-order valence-corrected chi connectivity index (χ2v) is 9.77. The van der Waals surface area contributed by atoms with Crippen molar-refractivity contribution in [1.29, 1.82) is 0 Å². The zero-order valence-corrected chi connectivity index (χ0v) is 19.5. The summed E-state index contributed by atoms with van der Waals surface area (Å²) in [5.41, 5.74) is 7.51. The molecule has 2 N–H and O–H groups in total. The summed E-state index contributed by atoms with van der Waals surface area (Å²) in [4.78, 5) is 22.3. The number of carbonyl (C=O) groups is 1. The van der Waals surface area contributed by atoms with Crippen LogP contribution < -0.4 is 10.6 Å². The number of likely N-dealkylation sites (tertiary alicyclic amines) is 1. The highest BCUT2D eigenvalue weighted by Gasteiger charge is 2.34. The van der Waals surface area contributed by atoms with Crippen LogP contribution in [0.15, 0.2) is 41.1 Å². The average molecular weight is 439 g/mol. The van der Waals surface area contributed by atoms with Gasteiger partial charge in [-0.15, -0.1) is 0 Å². The van der Waals surface area contributed by atoms with Crippen LogP contribution in [0.5, 0.6) is 0 Å². The molecule has 6 heteroatoms. The number of aromatic nitrogens is 1. The van der Waals surface area contributed by atoms with Gasteiger partial charge in [0, 0.05) is 25.3 Å². The molecule has 2 aromatic rings. The molecule has 0 bridgehead atoms. The minimum atomic E-state index is -0.103. The van der Waals surface area contributed by atoms with E-state index < -0.39 is 0 Å². The van der Waals surface area contributed by atoms with E-state index in [1.807, 2.05) is 30.2 Å². The summed E-state index contributed by atoms with van der Waals surface area (Å²) in [5, 5.41) is 0. The Labute approximate surface area is 192 Å². The predicted octanol–water partition coefficient (Wildman–Crippen LogP) is 4.78. The number of hydrogen-bond acceptors (Lipinski definition) is 5. The molecule has 1 saturated carbocycles. The van der Waals surface area contributed by atoms with E-state index in [4.69, 9.17) is 10.2 Å². The zero-order chi connectivity index (χ0) is 22.4. The summed E-state index contributed by atoms with van der Waals surface area (Å²) in [6.07, 6.45) is 14.5. The molecule has 3 heterocycles. The molecule has 2 fully saturated rings. The van der Waals surface area contributed by atoms with E-state index in [1.165, 1.54) is 38.5 Å². The number of amides is 1. The third kappa shape index (κ3) is 5.41. The van der Waals surface area contributed by atoms with E-state index in [9.17, 15) is 4.79 Å². The maximum Gasteiger partial charge on any atom is 0.295 e. The first kappa shape index (κ1) is 23.0. The third-order valence-electron chi connectivity index (χ3n) is 7.56. The Morgan fingerprint density at radius 2 is 1.97 bits per heavy atom. The van der Waals surface area contributed by atoms with Crippen LogP contribution in [-0.2, 0) is 0 Å². The molecular formula is C26H38N4O2. The van der Waals surface area contributed by atoms with Gasteiger partial charge in [0.05, 0.1) is 6.26 Å². The van der Waals surface area contributed by atoms with Crippen molar-refractivity contribution in [3.8, 4) is 0 Å². The molecule has 6 nitrogen and oxygen atoms in total. The van der Waals surface area contributed by atoms with Gasteiger partial charge in [0.25, 0.3) is 5.91 Å². The highest BCUT2D eigenvalue weighted by Crippen LogP contribution is 2.42. The Balaban J connectivity index is 1.40. The Hall–Kier alpha value is -2.18. The van der Waals surface area contributed by atoms with E-state index in [1.54, 1.807) is 18.4 Å². The van der Waals surface area contributed by atoms with Gasteiger partial charge in [-0.3, -0.25) is 9.69 Å². The molecule has 0 unspecified atom stereocenters. The molecule has 2 aromatic heterocycles. The van der Waals surface area contributed by atoms with Crippen LogP contribution >= 0.6 is 0 Å². The van der Waals surface area contributed by atoms with E-state index in [0.717, 1.165) is 51.0 Å². The number of anilines is 1. The number of carbonyl (C=O) groups excluding carboxylic acids is 1. The summed E-state index contributed by atoms with van der Waals surface area (Å²) >= 11 is 0. The predicted molar refractivity (Wildman–Crippen MR) is 128 cm³/mol. The van der Waals surface area contributed by atoms with Crippen LogP contribution in [0.3, 0.4) is 0 Å². The lowest BCUT2D eigenvalue weighted by molar-refractivity contribution is 0.0918. The first-order chi connectivity index (χ1) is 15.6. The van der Waals surface area contributed by atoms with E-state index in [0.29, 0.717) is 17.0 Å². The van der Waals surface area contributed by atoms with Gasteiger partial charge < -0.3 is 15.1 Å². The number of furan rings is 1. The minimum Gasteiger partial charge on any atom is -0.459 e. The van der Waals surface area contributed by atoms with Gasteiger partial charge in [0.1, 0.15) is 5.82 Å². The van der Waals surface area contributed by atoms with Crippen LogP contribution in [0.4, 0.5) is 5.82 Å². The number of piperidine rings is 1. The molecule has 0 atom stereocenters. The lowest BCUT2D eigenvalue weighted by Gasteiger charge is -2.41. The minimum absolute atomic E-state index is 0.103. The first-order valence-corrected chi connectivity index (χ1v) is 12.3. The summed E-state index contributed by atoms with van der Waals surface area (Å²) < 4.78 is 5.43. The van der Waals surface area contributed by atoms with Crippen molar-refractivity contribution >= 4 is 11.7 Å². The SMILES string of the molecule is Cc1ccc(N(C(=O)c2ccco2)C2CCN(CCC3(CCN)CCCCC3)CC2)nc1. The Morgan fingerprint density at radius 1 is 1.19 bits per heavy atom. The number of pyridine rings is 1. The molecule has 1 aliphatic carbocycles. The van der Waals surface area contributed by atoms with Crippen molar-refractivity contribution < 1.29 is 9.21 Å². The largest absolute Gasteiger partial charge is 0.459 e. The monoisotopic (exact) mass is 438 g/mol. The van der Waals surface area contributed by atoms with Gasteiger partial charge in [-0.25, -0.2) is 4.98 Å².